The predicted molar refractivity (Wildman–Crippen MR) is 98.1 cm³/mol. The van der Waals surface area contributed by atoms with Crippen molar-refractivity contribution in [1.29, 1.82) is 0 Å². The van der Waals surface area contributed by atoms with Crippen molar-refractivity contribution >= 4 is 29.5 Å². The number of nitrogens with one attached hydrogen (secondary N) is 1. The molecule has 26 heavy (non-hydrogen) atoms. The van der Waals surface area contributed by atoms with Crippen LogP contribution < -0.4 is 5.32 Å². The third-order valence-electron chi connectivity index (χ3n) is 3.84. The monoisotopic (exact) mass is 380 g/mol. The molecule has 0 saturated carbocycles. The van der Waals surface area contributed by atoms with Crippen LogP contribution in [-0.4, -0.2) is 68.4 Å². The minimum Gasteiger partial charge on any atom is -0.452 e. The molecule has 2 rings (SSSR count). The molecule has 0 spiro atoms. The number of esters is 1. The minimum atomic E-state index is -0.585. The Labute approximate surface area is 157 Å². The maximum absolute atomic E-state index is 12.3. The number of hydrogen-bond donors (Lipinski definition) is 1. The third-order valence-corrected chi connectivity index (χ3v) is 4.90. The van der Waals surface area contributed by atoms with Gasteiger partial charge in [-0.05, 0) is 25.0 Å². The maximum atomic E-state index is 12.3. The molecule has 1 fully saturated rings. The molecule has 0 aliphatic carbocycles. The number of amides is 2. The van der Waals surface area contributed by atoms with E-state index >= 15 is 0 Å². The number of thioether (sulfide) groups is 1. The van der Waals surface area contributed by atoms with Gasteiger partial charge in [0.15, 0.2) is 6.61 Å². The molecule has 7 nitrogen and oxygen atoms in total. The van der Waals surface area contributed by atoms with Gasteiger partial charge in [-0.15, -0.1) is 11.8 Å². The van der Waals surface area contributed by atoms with E-state index < -0.39 is 5.97 Å². The van der Waals surface area contributed by atoms with Crippen molar-refractivity contribution in [2.45, 2.75) is 23.8 Å². The average Bonchev–Trinajstić information content (AvgIpc) is 3.16. The van der Waals surface area contributed by atoms with Crippen LogP contribution in [0.1, 0.15) is 23.2 Å². The molecule has 1 heterocycles. The highest BCUT2D eigenvalue weighted by atomic mass is 32.2. The minimum absolute atomic E-state index is 0.0426. The van der Waals surface area contributed by atoms with Crippen LogP contribution in [-0.2, 0) is 19.1 Å². The summed E-state index contributed by atoms with van der Waals surface area (Å²) in [6.45, 7) is 0.803. The first kappa shape index (κ1) is 20.3. The highest BCUT2D eigenvalue weighted by molar-refractivity contribution is 8.00. The van der Waals surface area contributed by atoms with Crippen molar-refractivity contribution in [3.8, 4) is 0 Å². The normalized spacial score (nSPS) is 16.2. The van der Waals surface area contributed by atoms with E-state index in [1.807, 2.05) is 0 Å². The Morgan fingerprint density at radius 1 is 1.31 bits per heavy atom. The molecule has 0 radical (unpaired) electrons. The standard InChI is InChI=1S/C18H24N2O5S/c1-20(2)17(22)12-26-15-8-4-3-7-14(15)18(23)25-11-16(21)19-10-13-6-5-9-24-13/h3-4,7-8,13H,5-6,9-12H2,1-2H3,(H,19,21)/t13-/m1/s1. The summed E-state index contributed by atoms with van der Waals surface area (Å²) in [5.41, 5.74) is 0.344. The molecule has 8 heteroatoms. The van der Waals surface area contributed by atoms with Crippen LogP contribution in [0.2, 0.25) is 0 Å². The van der Waals surface area contributed by atoms with Crippen molar-refractivity contribution < 1.29 is 23.9 Å². The second-order valence-corrected chi connectivity index (χ2v) is 7.11. The maximum Gasteiger partial charge on any atom is 0.339 e. The summed E-state index contributed by atoms with van der Waals surface area (Å²) in [4.78, 5) is 37.9. The number of nitrogens with zero attached hydrogens (tertiary/aromatic N) is 1. The first-order valence-electron chi connectivity index (χ1n) is 8.44. The van der Waals surface area contributed by atoms with E-state index in [0.717, 1.165) is 19.4 Å². The summed E-state index contributed by atoms with van der Waals surface area (Å²) >= 11 is 1.26. The summed E-state index contributed by atoms with van der Waals surface area (Å²) in [5, 5.41) is 2.70. The lowest BCUT2D eigenvalue weighted by Gasteiger charge is -2.13. The fourth-order valence-corrected chi connectivity index (χ4v) is 3.34. The molecule has 1 aromatic carbocycles. The summed E-state index contributed by atoms with van der Waals surface area (Å²) in [6, 6.07) is 6.87. The first-order chi connectivity index (χ1) is 12.5. The second-order valence-electron chi connectivity index (χ2n) is 6.09. The Morgan fingerprint density at radius 3 is 2.77 bits per heavy atom. The van der Waals surface area contributed by atoms with Crippen LogP contribution in [0.25, 0.3) is 0 Å². The summed E-state index contributed by atoms with van der Waals surface area (Å²) in [7, 11) is 3.36. The molecule has 0 unspecified atom stereocenters. The highest BCUT2D eigenvalue weighted by Gasteiger charge is 2.18. The molecule has 2 amide bonds. The number of carbonyl (C=O) groups excluding carboxylic acids is 3. The van der Waals surface area contributed by atoms with E-state index in [1.54, 1.807) is 38.4 Å². The Kier molecular flexibility index (Phi) is 7.93. The summed E-state index contributed by atoms with van der Waals surface area (Å²) in [5.74, 6) is -0.773. The SMILES string of the molecule is CN(C)C(=O)CSc1ccccc1C(=O)OCC(=O)NC[C@H]1CCCO1. The lowest BCUT2D eigenvalue weighted by molar-refractivity contribution is -0.126. The number of carbonyl (C=O) groups is 3. The zero-order valence-electron chi connectivity index (χ0n) is 15.0. The van der Waals surface area contributed by atoms with Gasteiger partial charge in [0.05, 0.1) is 17.4 Å². The first-order valence-corrected chi connectivity index (χ1v) is 9.43. The molecular formula is C18H24N2O5S. The van der Waals surface area contributed by atoms with Gasteiger partial charge in [-0.2, -0.15) is 0 Å². The van der Waals surface area contributed by atoms with E-state index in [0.29, 0.717) is 17.0 Å². The summed E-state index contributed by atoms with van der Waals surface area (Å²) < 4.78 is 10.5. The van der Waals surface area contributed by atoms with Gasteiger partial charge in [0.25, 0.3) is 5.91 Å². The zero-order valence-corrected chi connectivity index (χ0v) is 15.8. The van der Waals surface area contributed by atoms with Gasteiger partial charge in [-0.3, -0.25) is 9.59 Å². The van der Waals surface area contributed by atoms with E-state index in [-0.39, 0.29) is 30.3 Å². The highest BCUT2D eigenvalue weighted by Crippen LogP contribution is 2.23. The van der Waals surface area contributed by atoms with Gasteiger partial charge < -0.3 is 19.7 Å². The van der Waals surface area contributed by atoms with Crippen LogP contribution in [0.5, 0.6) is 0 Å². The zero-order chi connectivity index (χ0) is 18.9. The molecular weight excluding hydrogens is 356 g/mol. The molecule has 142 valence electrons. The van der Waals surface area contributed by atoms with E-state index in [1.165, 1.54) is 16.7 Å². The molecule has 1 aliphatic heterocycles. The Bertz CT molecular complexity index is 644. The molecule has 1 aromatic rings. The van der Waals surface area contributed by atoms with Gasteiger partial charge in [0.2, 0.25) is 5.91 Å². The lowest BCUT2D eigenvalue weighted by atomic mass is 10.2. The summed E-state index contributed by atoms with van der Waals surface area (Å²) in [6.07, 6.45) is 1.97. The Hall–Kier alpha value is -2.06. The van der Waals surface area contributed by atoms with Gasteiger partial charge in [0, 0.05) is 32.1 Å². The Balaban J connectivity index is 1.82. The van der Waals surface area contributed by atoms with E-state index in [2.05, 4.69) is 5.32 Å². The van der Waals surface area contributed by atoms with Crippen molar-refractivity contribution in [2.75, 3.05) is 39.6 Å². The number of rotatable bonds is 8. The van der Waals surface area contributed by atoms with Gasteiger partial charge in [-0.1, -0.05) is 12.1 Å². The van der Waals surface area contributed by atoms with Crippen molar-refractivity contribution in [2.24, 2.45) is 0 Å². The molecule has 1 atom stereocenters. The van der Waals surface area contributed by atoms with Crippen LogP contribution >= 0.6 is 11.8 Å². The van der Waals surface area contributed by atoms with Crippen LogP contribution in [0, 0.1) is 0 Å². The second kappa shape index (κ2) is 10.2. The van der Waals surface area contributed by atoms with Crippen LogP contribution in [0.4, 0.5) is 0 Å². The quantitative estimate of drug-likeness (QED) is 0.541. The number of hydrogen-bond acceptors (Lipinski definition) is 6. The van der Waals surface area contributed by atoms with Crippen molar-refractivity contribution in [1.82, 2.24) is 10.2 Å². The third kappa shape index (κ3) is 6.34. The van der Waals surface area contributed by atoms with Crippen molar-refractivity contribution in [3.05, 3.63) is 29.8 Å². The van der Waals surface area contributed by atoms with Crippen LogP contribution in [0.3, 0.4) is 0 Å². The number of benzene rings is 1. The molecule has 1 N–H and O–H groups in total. The smallest absolute Gasteiger partial charge is 0.339 e. The molecule has 1 saturated heterocycles. The molecule has 1 aliphatic rings. The fraction of sp³-hybridized carbons (Fsp3) is 0.500. The van der Waals surface area contributed by atoms with E-state index in [9.17, 15) is 14.4 Å². The van der Waals surface area contributed by atoms with Gasteiger partial charge in [0.1, 0.15) is 0 Å². The van der Waals surface area contributed by atoms with E-state index in [4.69, 9.17) is 9.47 Å². The van der Waals surface area contributed by atoms with Gasteiger partial charge >= 0.3 is 5.97 Å². The number of ether oxygens (including phenoxy) is 2. The van der Waals surface area contributed by atoms with Gasteiger partial charge in [-0.25, -0.2) is 4.79 Å². The molecule has 0 aromatic heterocycles. The fourth-order valence-electron chi connectivity index (χ4n) is 2.32. The topological polar surface area (TPSA) is 84.9 Å². The average molecular weight is 380 g/mol. The Morgan fingerprint density at radius 2 is 2.08 bits per heavy atom. The largest absolute Gasteiger partial charge is 0.452 e. The molecule has 0 bridgehead atoms. The van der Waals surface area contributed by atoms with Crippen molar-refractivity contribution in [3.63, 3.8) is 0 Å². The predicted octanol–water partition coefficient (Wildman–Crippen LogP) is 1.32. The van der Waals surface area contributed by atoms with Crippen LogP contribution in [0.15, 0.2) is 29.2 Å². The lowest BCUT2D eigenvalue weighted by Crippen LogP contribution is -2.34.